The first-order chi connectivity index (χ1) is 15.7. The number of carbonyl (C=O) groups excluding carboxylic acids is 1. The van der Waals surface area contributed by atoms with Crippen molar-refractivity contribution in [2.45, 2.75) is 67.1 Å². The van der Waals surface area contributed by atoms with Crippen LogP contribution in [-0.4, -0.2) is 53.6 Å². The second-order valence-electron chi connectivity index (χ2n) is 6.94. The van der Waals surface area contributed by atoms with E-state index in [0.29, 0.717) is 0 Å². The lowest BCUT2D eigenvalue weighted by atomic mass is 9.88. The van der Waals surface area contributed by atoms with Crippen molar-refractivity contribution < 1.29 is 84.2 Å². The molecule has 0 saturated heterocycles. The van der Waals surface area contributed by atoms with Gasteiger partial charge in [0.05, 0.1) is 6.42 Å². The minimum Gasteiger partial charge on any atom is -0.461 e. The zero-order valence-corrected chi connectivity index (χ0v) is 17.3. The molecule has 0 spiro atoms. The van der Waals surface area contributed by atoms with Gasteiger partial charge >= 0.3 is 53.6 Å². The number of hydrogen-bond donors (Lipinski definition) is 0. The van der Waals surface area contributed by atoms with Crippen LogP contribution in [0.2, 0.25) is 0 Å². The second-order valence-corrected chi connectivity index (χ2v) is 7.72. The molecule has 1 aromatic rings. The molecule has 1 aromatic heterocycles. The van der Waals surface area contributed by atoms with Crippen LogP contribution >= 0.6 is 11.3 Å². The summed E-state index contributed by atoms with van der Waals surface area (Å²) in [6, 6.07) is 1.31. The van der Waals surface area contributed by atoms with Gasteiger partial charge in [-0.2, -0.15) is 86.0 Å². The summed E-state index contributed by atoms with van der Waals surface area (Å²) in [5.41, 5.74) is 0.218. The van der Waals surface area contributed by atoms with Crippen molar-refractivity contribution in [1.29, 1.82) is 0 Å². The quantitative estimate of drug-likeness (QED) is 0.197. The number of hydrogen-bond acceptors (Lipinski definition) is 3. The fourth-order valence-corrected chi connectivity index (χ4v) is 2.88. The Labute approximate surface area is 192 Å². The van der Waals surface area contributed by atoms with Gasteiger partial charge in [0.25, 0.3) is 0 Å². The highest BCUT2D eigenvalue weighted by Crippen LogP contribution is 2.64. The molecule has 0 unspecified atom stereocenters. The standard InChI is InChI=1S/C16H9F17O2S/c17-9(18,3-1-8(34)35-5-7-2-4-36-6-7)10(19,20)11(21,22)12(23,24)13(25,26)14(27,28)15(29,30)16(31,32)33/h2,4,6H,1,3,5H2. The Balaban J connectivity index is 3.26. The molecule has 0 atom stereocenters. The van der Waals surface area contributed by atoms with Crippen molar-refractivity contribution in [3.05, 3.63) is 22.4 Å². The summed E-state index contributed by atoms with van der Waals surface area (Å²) >= 11 is 1.03. The Morgan fingerprint density at radius 2 is 1.08 bits per heavy atom. The van der Waals surface area contributed by atoms with Crippen LogP contribution in [0.4, 0.5) is 74.6 Å². The van der Waals surface area contributed by atoms with E-state index >= 15 is 0 Å². The summed E-state index contributed by atoms with van der Waals surface area (Å²) in [7, 11) is 0. The summed E-state index contributed by atoms with van der Waals surface area (Å²) < 4.78 is 228. The lowest BCUT2D eigenvalue weighted by Crippen LogP contribution is -2.74. The maximum atomic E-state index is 13.7. The molecule has 0 saturated carbocycles. The monoisotopic (exact) mass is 588 g/mol. The van der Waals surface area contributed by atoms with Crippen molar-refractivity contribution in [2.75, 3.05) is 0 Å². The van der Waals surface area contributed by atoms with E-state index < -0.39 is 73.1 Å². The molecular formula is C16H9F17O2S. The molecule has 0 bridgehead atoms. The first-order valence-corrected chi connectivity index (χ1v) is 9.55. The van der Waals surface area contributed by atoms with Gasteiger partial charge < -0.3 is 4.74 Å². The van der Waals surface area contributed by atoms with E-state index in [0.717, 1.165) is 11.3 Å². The predicted octanol–water partition coefficient (Wildman–Crippen LogP) is 7.58. The lowest BCUT2D eigenvalue weighted by molar-refractivity contribution is -0.461. The Morgan fingerprint density at radius 1 is 0.667 bits per heavy atom. The van der Waals surface area contributed by atoms with Crippen molar-refractivity contribution in [1.82, 2.24) is 0 Å². The van der Waals surface area contributed by atoms with Gasteiger partial charge in [0.15, 0.2) is 0 Å². The second kappa shape index (κ2) is 9.38. The van der Waals surface area contributed by atoms with Crippen molar-refractivity contribution >= 4 is 17.3 Å². The van der Waals surface area contributed by atoms with Crippen molar-refractivity contribution in [3.8, 4) is 0 Å². The summed E-state index contributed by atoms with van der Waals surface area (Å²) in [4.78, 5) is 11.3. The maximum Gasteiger partial charge on any atom is 0.460 e. The number of esters is 1. The first kappa shape index (κ1) is 32.0. The van der Waals surface area contributed by atoms with E-state index in [4.69, 9.17) is 0 Å². The van der Waals surface area contributed by atoms with Crippen LogP contribution < -0.4 is 0 Å². The first-order valence-electron chi connectivity index (χ1n) is 8.60. The average molecular weight is 588 g/mol. The Morgan fingerprint density at radius 3 is 1.47 bits per heavy atom. The highest BCUT2D eigenvalue weighted by atomic mass is 32.1. The van der Waals surface area contributed by atoms with Crippen LogP contribution in [0.1, 0.15) is 18.4 Å². The van der Waals surface area contributed by atoms with E-state index in [9.17, 15) is 79.4 Å². The van der Waals surface area contributed by atoms with Crippen LogP contribution in [0.3, 0.4) is 0 Å². The zero-order chi connectivity index (χ0) is 28.8. The number of alkyl halides is 17. The maximum absolute atomic E-state index is 13.7. The fraction of sp³-hybridized carbons (Fsp3) is 0.688. The van der Waals surface area contributed by atoms with E-state index in [-0.39, 0.29) is 5.56 Å². The molecule has 0 N–H and O–H groups in total. The summed E-state index contributed by atoms with van der Waals surface area (Å²) in [5, 5.41) is 2.75. The summed E-state index contributed by atoms with van der Waals surface area (Å²) in [6.45, 7) is -0.673. The molecule has 0 fully saturated rings. The molecule has 0 aromatic carbocycles. The zero-order valence-electron chi connectivity index (χ0n) is 16.5. The van der Waals surface area contributed by atoms with Gasteiger partial charge in [-0.3, -0.25) is 4.79 Å². The van der Waals surface area contributed by atoms with E-state index in [1.165, 1.54) is 16.8 Å². The van der Waals surface area contributed by atoms with Gasteiger partial charge in [0.2, 0.25) is 0 Å². The number of thiophene rings is 1. The van der Waals surface area contributed by atoms with Gasteiger partial charge in [-0.1, -0.05) is 0 Å². The average Bonchev–Trinajstić information content (AvgIpc) is 3.22. The van der Waals surface area contributed by atoms with Crippen LogP contribution in [0, 0.1) is 0 Å². The number of rotatable bonds is 11. The normalized spacial score (nSPS) is 15.2. The molecule has 0 radical (unpaired) electrons. The predicted molar refractivity (Wildman–Crippen MR) is 84.0 cm³/mol. The van der Waals surface area contributed by atoms with E-state index in [1.54, 1.807) is 0 Å². The van der Waals surface area contributed by atoms with Gasteiger partial charge in [0, 0.05) is 12.0 Å². The Hall–Kier alpha value is -2.02. The SMILES string of the molecule is O=C(CCC(F)(F)C(F)(F)C(F)(F)C(F)(F)C(F)(F)C(F)(F)C(F)(F)C(F)(F)F)OCc1ccsc1. The Kier molecular flexibility index (Phi) is 8.34. The van der Waals surface area contributed by atoms with Gasteiger partial charge in [-0.25, -0.2) is 0 Å². The summed E-state index contributed by atoms with van der Waals surface area (Å²) in [5.74, 6) is -58.7. The summed E-state index contributed by atoms with van der Waals surface area (Å²) in [6.07, 6.45) is -12.6. The van der Waals surface area contributed by atoms with Gasteiger partial charge in [-0.15, -0.1) is 0 Å². The smallest absolute Gasteiger partial charge is 0.460 e. The molecule has 0 amide bonds. The van der Waals surface area contributed by atoms with Crippen LogP contribution in [0.5, 0.6) is 0 Å². The third-order valence-electron chi connectivity index (χ3n) is 4.41. The highest BCUT2D eigenvalue weighted by molar-refractivity contribution is 7.07. The van der Waals surface area contributed by atoms with Gasteiger partial charge in [0.1, 0.15) is 6.61 Å². The van der Waals surface area contributed by atoms with Crippen LogP contribution in [0.15, 0.2) is 16.8 Å². The number of carbonyl (C=O) groups is 1. The minimum atomic E-state index is -8.68. The van der Waals surface area contributed by atoms with Crippen LogP contribution in [-0.2, 0) is 16.1 Å². The number of halogens is 17. The third kappa shape index (κ3) is 4.92. The molecule has 0 aliphatic rings. The third-order valence-corrected chi connectivity index (χ3v) is 5.14. The van der Waals surface area contributed by atoms with Crippen LogP contribution in [0.25, 0.3) is 0 Å². The van der Waals surface area contributed by atoms with Crippen molar-refractivity contribution in [2.24, 2.45) is 0 Å². The fourth-order valence-electron chi connectivity index (χ4n) is 2.22. The molecule has 20 heteroatoms. The Bertz CT molecular complexity index is 904. The molecule has 2 nitrogen and oxygen atoms in total. The number of ether oxygens (including phenoxy) is 1. The lowest BCUT2D eigenvalue weighted by Gasteiger charge is -2.42. The van der Waals surface area contributed by atoms with Gasteiger partial charge in [-0.05, 0) is 16.8 Å². The van der Waals surface area contributed by atoms with E-state index in [2.05, 4.69) is 4.74 Å². The van der Waals surface area contributed by atoms with E-state index in [1.807, 2.05) is 0 Å². The van der Waals surface area contributed by atoms with Crippen molar-refractivity contribution in [3.63, 3.8) is 0 Å². The molecule has 0 aliphatic carbocycles. The molecule has 36 heavy (non-hydrogen) atoms. The molecule has 1 heterocycles. The highest BCUT2D eigenvalue weighted by Gasteiger charge is 2.95. The molecule has 210 valence electrons. The largest absolute Gasteiger partial charge is 0.461 e. The molecular weight excluding hydrogens is 579 g/mol. The molecule has 0 aliphatic heterocycles. The topological polar surface area (TPSA) is 26.3 Å². The minimum absolute atomic E-state index is 0.218. The molecule has 1 rings (SSSR count).